The highest BCUT2D eigenvalue weighted by molar-refractivity contribution is 7.85. The largest absolute Gasteiger partial charge is 0.353 e. The minimum Gasteiger partial charge on any atom is -0.353 e. The summed E-state index contributed by atoms with van der Waals surface area (Å²) in [6.45, 7) is 3.88. The predicted octanol–water partition coefficient (Wildman–Crippen LogP) is 1.18. The van der Waals surface area contributed by atoms with E-state index in [-0.39, 0.29) is 23.1 Å². The van der Waals surface area contributed by atoms with E-state index in [4.69, 9.17) is 0 Å². The molecule has 1 heterocycles. The van der Waals surface area contributed by atoms with E-state index < -0.39 is 10.8 Å². The minimum absolute atomic E-state index is 0.179. The molecule has 2 rings (SSSR count). The number of piperidine rings is 1. The Labute approximate surface area is 118 Å². The third kappa shape index (κ3) is 4.28. The first-order valence-corrected chi connectivity index (χ1v) is 8.97. The van der Waals surface area contributed by atoms with E-state index in [2.05, 4.69) is 10.6 Å². The molecule has 19 heavy (non-hydrogen) atoms. The lowest BCUT2D eigenvalue weighted by molar-refractivity contribution is -0.126. The second-order valence-electron chi connectivity index (χ2n) is 5.69. The normalized spacial score (nSPS) is 30.8. The molecule has 1 amide bonds. The molecule has 2 N–H and O–H groups in total. The molecular formula is C14H26N2O2S. The molecule has 1 aliphatic carbocycles. The van der Waals surface area contributed by atoms with Gasteiger partial charge in [0.1, 0.15) is 0 Å². The van der Waals surface area contributed by atoms with Gasteiger partial charge in [0.05, 0.1) is 0 Å². The summed E-state index contributed by atoms with van der Waals surface area (Å²) in [5, 5.41) is 6.77. The van der Waals surface area contributed by atoms with Gasteiger partial charge >= 0.3 is 0 Å². The summed E-state index contributed by atoms with van der Waals surface area (Å²) in [6, 6.07) is 0.247. The van der Waals surface area contributed by atoms with Crippen LogP contribution in [0, 0.1) is 5.92 Å². The van der Waals surface area contributed by atoms with Crippen molar-refractivity contribution in [3.8, 4) is 0 Å². The molecule has 0 aromatic carbocycles. The smallest absolute Gasteiger partial charge is 0.223 e. The number of amides is 1. The Morgan fingerprint density at radius 3 is 2.68 bits per heavy atom. The van der Waals surface area contributed by atoms with Gasteiger partial charge in [0.25, 0.3) is 0 Å². The van der Waals surface area contributed by atoms with Crippen molar-refractivity contribution in [3.05, 3.63) is 0 Å². The molecule has 2 fully saturated rings. The third-order valence-corrected chi connectivity index (χ3v) is 6.08. The van der Waals surface area contributed by atoms with E-state index in [1.165, 1.54) is 0 Å². The first-order valence-electron chi connectivity index (χ1n) is 7.59. The summed E-state index contributed by atoms with van der Waals surface area (Å²) >= 11 is 0. The van der Waals surface area contributed by atoms with Gasteiger partial charge in [0.15, 0.2) is 0 Å². The zero-order chi connectivity index (χ0) is 13.7. The predicted molar refractivity (Wildman–Crippen MR) is 78.5 cm³/mol. The van der Waals surface area contributed by atoms with Crippen molar-refractivity contribution < 1.29 is 9.00 Å². The maximum Gasteiger partial charge on any atom is 0.223 e. The molecular weight excluding hydrogens is 260 g/mol. The van der Waals surface area contributed by atoms with Crippen LogP contribution in [0.3, 0.4) is 0 Å². The monoisotopic (exact) mass is 286 g/mol. The first kappa shape index (κ1) is 15.0. The fourth-order valence-corrected chi connectivity index (χ4v) is 4.50. The second kappa shape index (κ2) is 7.39. The van der Waals surface area contributed by atoms with Crippen LogP contribution in [0.2, 0.25) is 0 Å². The Morgan fingerprint density at radius 1 is 1.26 bits per heavy atom. The zero-order valence-corrected chi connectivity index (χ0v) is 12.6. The zero-order valence-electron chi connectivity index (χ0n) is 11.8. The number of carbonyl (C=O) groups is 1. The fraction of sp³-hybridized carbons (Fsp3) is 0.929. The number of nitrogens with one attached hydrogen (secondary N) is 2. The maximum atomic E-state index is 12.2. The van der Waals surface area contributed by atoms with Crippen molar-refractivity contribution in [2.45, 2.75) is 56.7 Å². The minimum atomic E-state index is -0.715. The van der Waals surface area contributed by atoms with Crippen molar-refractivity contribution in [2.75, 3.05) is 18.8 Å². The second-order valence-corrected chi connectivity index (χ2v) is 7.69. The van der Waals surface area contributed by atoms with Gasteiger partial charge < -0.3 is 10.6 Å². The number of hydrogen-bond acceptors (Lipinski definition) is 3. The summed E-state index contributed by atoms with van der Waals surface area (Å²) in [5.74, 6) is 1.13. The molecule has 3 unspecified atom stereocenters. The fourth-order valence-electron chi connectivity index (χ4n) is 3.15. The van der Waals surface area contributed by atoms with Gasteiger partial charge in [-0.15, -0.1) is 0 Å². The molecule has 0 bridgehead atoms. The van der Waals surface area contributed by atoms with Gasteiger partial charge in [0, 0.05) is 33.8 Å². The highest BCUT2D eigenvalue weighted by Crippen LogP contribution is 2.23. The Kier molecular flexibility index (Phi) is 5.82. The van der Waals surface area contributed by atoms with Crippen LogP contribution in [-0.2, 0) is 15.6 Å². The molecule has 0 radical (unpaired) electrons. The van der Waals surface area contributed by atoms with Crippen LogP contribution in [0.1, 0.15) is 45.4 Å². The summed E-state index contributed by atoms with van der Waals surface area (Å²) in [4.78, 5) is 12.2. The van der Waals surface area contributed by atoms with Crippen molar-refractivity contribution in [1.82, 2.24) is 10.6 Å². The first-order chi connectivity index (χ1) is 9.20. The van der Waals surface area contributed by atoms with Crippen LogP contribution >= 0.6 is 0 Å². The Morgan fingerprint density at radius 2 is 2.00 bits per heavy atom. The Balaban J connectivity index is 1.81. The highest BCUT2D eigenvalue weighted by Gasteiger charge is 2.28. The van der Waals surface area contributed by atoms with Crippen LogP contribution in [0.15, 0.2) is 0 Å². The van der Waals surface area contributed by atoms with E-state index in [0.717, 1.165) is 57.4 Å². The number of hydrogen-bond donors (Lipinski definition) is 2. The lowest BCUT2D eigenvalue weighted by Crippen LogP contribution is -2.45. The van der Waals surface area contributed by atoms with Crippen LogP contribution in [0.25, 0.3) is 0 Å². The van der Waals surface area contributed by atoms with Gasteiger partial charge in [-0.05, 0) is 45.2 Å². The molecule has 0 spiro atoms. The van der Waals surface area contributed by atoms with E-state index in [1.807, 2.05) is 6.92 Å². The average molecular weight is 286 g/mol. The molecule has 3 atom stereocenters. The van der Waals surface area contributed by atoms with E-state index in [9.17, 15) is 9.00 Å². The van der Waals surface area contributed by atoms with Gasteiger partial charge in [0.2, 0.25) is 5.91 Å². The van der Waals surface area contributed by atoms with Gasteiger partial charge in [-0.1, -0.05) is 13.3 Å². The third-order valence-electron chi connectivity index (χ3n) is 4.34. The standard InChI is InChI=1S/C14H26N2O2S/c1-2-19(18)13-5-3-4-12(10-13)16-14(17)11-6-8-15-9-7-11/h11-13,15H,2-10H2,1H3,(H,16,17). The van der Waals surface area contributed by atoms with E-state index >= 15 is 0 Å². The van der Waals surface area contributed by atoms with Crippen molar-refractivity contribution in [3.63, 3.8) is 0 Å². The Bertz CT molecular complexity index is 329. The van der Waals surface area contributed by atoms with Crippen molar-refractivity contribution in [1.29, 1.82) is 0 Å². The summed E-state index contributed by atoms with van der Waals surface area (Å²) < 4.78 is 11.9. The lowest BCUT2D eigenvalue weighted by atomic mass is 9.92. The van der Waals surface area contributed by atoms with Gasteiger partial charge in [-0.3, -0.25) is 9.00 Å². The molecule has 0 aromatic rings. The van der Waals surface area contributed by atoms with Crippen molar-refractivity contribution >= 4 is 16.7 Å². The molecule has 5 heteroatoms. The molecule has 1 saturated carbocycles. The molecule has 1 saturated heterocycles. The van der Waals surface area contributed by atoms with Crippen LogP contribution < -0.4 is 10.6 Å². The SMILES string of the molecule is CCS(=O)C1CCCC(NC(=O)C2CCNCC2)C1. The molecule has 0 aromatic heterocycles. The van der Waals surface area contributed by atoms with Gasteiger partial charge in [-0.2, -0.15) is 0 Å². The van der Waals surface area contributed by atoms with Crippen LogP contribution in [0.5, 0.6) is 0 Å². The van der Waals surface area contributed by atoms with Gasteiger partial charge in [-0.25, -0.2) is 0 Å². The molecule has 2 aliphatic rings. The maximum absolute atomic E-state index is 12.2. The quantitative estimate of drug-likeness (QED) is 0.816. The van der Waals surface area contributed by atoms with E-state index in [0.29, 0.717) is 0 Å². The molecule has 110 valence electrons. The van der Waals surface area contributed by atoms with Crippen LogP contribution in [0.4, 0.5) is 0 Å². The molecule has 1 aliphatic heterocycles. The van der Waals surface area contributed by atoms with Crippen molar-refractivity contribution in [2.24, 2.45) is 5.92 Å². The summed E-state index contributed by atoms with van der Waals surface area (Å²) in [5.41, 5.74) is 0. The summed E-state index contributed by atoms with van der Waals surface area (Å²) in [7, 11) is -0.715. The van der Waals surface area contributed by atoms with Crippen LogP contribution in [-0.4, -0.2) is 40.3 Å². The average Bonchev–Trinajstić information content (AvgIpc) is 2.47. The topological polar surface area (TPSA) is 58.2 Å². The molecule has 4 nitrogen and oxygen atoms in total. The summed E-state index contributed by atoms with van der Waals surface area (Å²) in [6.07, 6.45) is 5.99. The number of carbonyl (C=O) groups excluding carboxylic acids is 1. The van der Waals surface area contributed by atoms with E-state index in [1.54, 1.807) is 0 Å². The number of rotatable bonds is 4. The lowest BCUT2D eigenvalue weighted by Gasteiger charge is -2.31. The highest BCUT2D eigenvalue weighted by atomic mass is 32.2. The Hall–Kier alpha value is -0.420.